The number of hydrogen-bond donors (Lipinski definition) is 0. The zero-order valence-electron chi connectivity index (χ0n) is 15.3. The largest absolute Gasteiger partial charge is 0.457 e. The SMILES string of the molecule is Cc1cccc(-c2nc3sc(=Cc4ccc(-c5ccc(Cl)cc5)o4)c(=O)n3n2)c1. The summed E-state index contributed by atoms with van der Waals surface area (Å²) in [5, 5.41) is 5.06. The molecule has 0 N–H and O–H groups in total. The molecule has 0 saturated heterocycles. The Balaban J connectivity index is 1.52. The van der Waals surface area contributed by atoms with Crippen LogP contribution in [0, 0.1) is 6.92 Å². The summed E-state index contributed by atoms with van der Waals surface area (Å²) < 4.78 is 7.73. The summed E-state index contributed by atoms with van der Waals surface area (Å²) in [6.07, 6.45) is 1.72. The molecule has 0 atom stereocenters. The minimum atomic E-state index is -0.208. The Kier molecular flexibility index (Phi) is 4.30. The van der Waals surface area contributed by atoms with Gasteiger partial charge in [0.05, 0.1) is 0 Å². The monoisotopic (exact) mass is 419 g/mol. The smallest absolute Gasteiger partial charge is 0.291 e. The lowest BCUT2D eigenvalue weighted by molar-refractivity contribution is 0.571. The highest BCUT2D eigenvalue weighted by Gasteiger charge is 2.12. The van der Waals surface area contributed by atoms with Gasteiger partial charge >= 0.3 is 0 Å². The lowest BCUT2D eigenvalue weighted by Crippen LogP contribution is -2.23. The summed E-state index contributed by atoms with van der Waals surface area (Å²) >= 11 is 7.22. The Morgan fingerprint density at radius 1 is 1.07 bits per heavy atom. The molecule has 3 aromatic heterocycles. The average Bonchev–Trinajstić information content (AvgIpc) is 3.41. The van der Waals surface area contributed by atoms with E-state index < -0.39 is 0 Å². The molecule has 0 aliphatic rings. The van der Waals surface area contributed by atoms with Crippen LogP contribution in [0.1, 0.15) is 11.3 Å². The first kappa shape index (κ1) is 17.8. The molecular formula is C22H14ClN3O2S. The van der Waals surface area contributed by atoms with Crippen molar-refractivity contribution in [1.29, 1.82) is 0 Å². The quantitative estimate of drug-likeness (QED) is 0.429. The molecule has 5 rings (SSSR count). The highest BCUT2D eigenvalue weighted by atomic mass is 35.5. The highest BCUT2D eigenvalue weighted by molar-refractivity contribution is 7.15. The Hall–Kier alpha value is -3.22. The van der Waals surface area contributed by atoms with Crippen LogP contribution in [0.4, 0.5) is 0 Å². The average molecular weight is 420 g/mol. The second-order valence-electron chi connectivity index (χ2n) is 6.62. The molecule has 0 aliphatic heterocycles. The predicted molar refractivity (Wildman–Crippen MR) is 115 cm³/mol. The van der Waals surface area contributed by atoms with Crippen LogP contribution in [0.5, 0.6) is 0 Å². The fraction of sp³-hybridized carbons (Fsp3) is 0.0455. The molecule has 0 bridgehead atoms. The lowest BCUT2D eigenvalue weighted by Gasteiger charge is -1.96. The number of thiazole rings is 1. The van der Waals surface area contributed by atoms with Crippen molar-refractivity contribution in [2.24, 2.45) is 0 Å². The molecule has 5 nitrogen and oxygen atoms in total. The van der Waals surface area contributed by atoms with E-state index in [-0.39, 0.29) is 5.56 Å². The molecule has 3 heterocycles. The summed E-state index contributed by atoms with van der Waals surface area (Å²) in [5.41, 5.74) is 2.72. The van der Waals surface area contributed by atoms with E-state index >= 15 is 0 Å². The van der Waals surface area contributed by atoms with Gasteiger partial charge in [0.15, 0.2) is 5.82 Å². The summed E-state index contributed by atoms with van der Waals surface area (Å²) in [6.45, 7) is 2.01. The molecule has 0 fully saturated rings. The van der Waals surface area contributed by atoms with Gasteiger partial charge in [-0.25, -0.2) is 0 Å². The third-order valence-corrected chi connectivity index (χ3v) is 5.70. The molecule has 142 valence electrons. The molecule has 0 spiro atoms. The second kappa shape index (κ2) is 6.99. The lowest BCUT2D eigenvalue weighted by atomic mass is 10.1. The Morgan fingerprint density at radius 2 is 1.90 bits per heavy atom. The van der Waals surface area contributed by atoms with Gasteiger partial charge in [-0.3, -0.25) is 4.79 Å². The first-order valence-corrected chi connectivity index (χ1v) is 10.1. The fourth-order valence-electron chi connectivity index (χ4n) is 3.07. The molecule has 2 aromatic carbocycles. The molecule has 0 radical (unpaired) electrons. The normalized spacial score (nSPS) is 12.1. The minimum Gasteiger partial charge on any atom is -0.457 e. The van der Waals surface area contributed by atoms with Crippen molar-refractivity contribution in [3.05, 3.63) is 91.9 Å². The van der Waals surface area contributed by atoms with Crippen molar-refractivity contribution in [1.82, 2.24) is 14.6 Å². The topological polar surface area (TPSA) is 60.4 Å². The van der Waals surface area contributed by atoms with Gasteiger partial charge in [0.25, 0.3) is 5.56 Å². The summed E-state index contributed by atoms with van der Waals surface area (Å²) in [7, 11) is 0. The molecule has 29 heavy (non-hydrogen) atoms. The van der Waals surface area contributed by atoms with Crippen LogP contribution in [0.25, 0.3) is 33.7 Å². The van der Waals surface area contributed by atoms with Gasteiger partial charge in [-0.1, -0.05) is 46.7 Å². The highest BCUT2D eigenvalue weighted by Crippen LogP contribution is 2.24. The van der Waals surface area contributed by atoms with Crippen molar-refractivity contribution in [3.63, 3.8) is 0 Å². The van der Waals surface area contributed by atoms with Crippen LogP contribution in [0.2, 0.25) is 5.02 Å². The maximum absolute atomic E-state index is 12.7. The molecule has 7 heteroatoms. The number of aromatic nitrogens is 3. The zero-order valence-corrected chi connectivity index (χ0v) is 16.9. The Bertz CT molecular complexity index is 1450. The third kappa shape index (κ3) is 3.37. The standard InChI is InChI=1S/C22H14ClN3O2S/c1-13-3-2-4-15(11-13)20-24-22-26(25-20)21(27)19(29-22)12-17-9-10-18(28-17)14-5-7-16(23)8-6-14/h2-12H,1H3. The molecular weight excluding hydrogens is 406 g/mol. The molecule has 0 saturated carbocycles. The van der Waals surface area contributed by atoms with Crippen LogP contribution in [0.3, 0.4) is 0 Å². The summed E-state index contributed by atoms with van der Waals surface area (Å²) in [5.74, 6) is 1.85. The number of rotatable bonds is 3. The van der Waals surface area contributed by atoms with Gasteiger partial charge in [-0.15, -0.1) is 5.10 Å². The Morgan fingerprint density at radius 3 is 2.66 bits per heavy atom. The van der Waals surface area contributed by atoms with E-state index in [9.17, 15) is 4.79 Å². The fourth-order valence-corrected chi connectivity index (χ4v) is 4.08. The number of hydrogen-bond acceptors (Lipinski definition) is 5. The number of furan rings is 1. The molecule has 5 aromatic rings. The van der Waals surface area contributed by atoms with Gasteiger partial charge in [0, 0.05) is 22.2 Å². The van der Waals surface area contributed by atoms with Crippen LogP contribution >= 0.6 is 22.9 Å². The predicted octanol–water partition coefficient (Wildman–Crippen LogP) is 4.59. The third-order valence-electron chi connectivity index (χ3n) is 4.49. The van der Waals surface area contributed by atoms with Gasteiger partial charge in [-0.2, -0.15) is 9.50 Å². The maximum Gasteiger partial charge on any atom is 0.291 e. The number of benzene rings is 2. The van der Waals surface area contributed by atoms with Gasteiger partial charge in [0.1, 0.15) is 16.1 Å². The van der Waals surface area contributed by atoms with E-state index in [1.807, 2.05) is 67.6 Å². The number of nitrogens with zero attached hydrogens (tertiary/aromatic N) is 3. The number of fused-ring (bicyclic) bond motifs is 1. The summed E-state index contributed by atoms with van der Waals surface area (Å²) in [4.78, 5) is 17.8. The van der Waals surface area contributed by atoms with E-state index in [0.717, 1.165) is 16.7 Å². The van der Waals surface area contributed by atoms with Crippen molar-refractivity contribution >= 4 is 34.0 Å². The van der Waals surface area contributed by atoms with Gasteiger partial charge < -0.3 is 4.42 Å². The van der Waals surface area contributed by atoms with Gasteiger partial charge in [0.2, 0.25) is 4.96 Å². The Labute approximate surface area is 174 Å². The molecule has 0 aliphatic carbocycles. The number of aryl methyl sites for hydroxylation is 1. The van der Waals surface area contributed by atoms with Crippen LogP contribution in [-0.2, 0) is 0 Å². The zero-order chi connectivity index (χ0) is 20.0. The van der Waals surface area contributed by atoms with Crippen LogP contribution in [-0.4, -0.2) is 14.6 Å². The van der Waals surface area contributed by atoms with E-state index in [1.165, 1.54) is 15.9 Å². The molecule has 0 amide bonds. The van der Waals surface area contributed by atoms with Gasteiger partial charge in [-0.05, 0) is 49.4 Å². The first-order valence-electron chi connectivity index (χ1n) is 8.91. The van der Waals surface area contributed by atoms with Crippen LogP contribution < -0.4 is 10.1 Å². The second-order valence-corrected chi connectivity index (χ2v) is 8.07. The van der Waals surface area contributed by atoms with E-state index in [2.05, 4.69) is 10.1 Å². The maximum atomic E-state index is 12.7. The number of halogens is 1. The van der Waals surface area contributed by atoms with E-state index in [0.29, 0.717) is 31.9 Å². The minimum absolute atomic E-state index is 0.208. The first-order chi connectivity index (χ1) is 14.1. The van der Waals surface area contributed by atoms with Crippen molar-refractivity contribution < 1.29 is 4.42 Å². The van der Waals surface area contributed by atoms with Crippen molar-refractivity contribution in [2.75, 3.05) is 0 Å². The van der Waals surface area contributed by atoms with Crippen molar-refractivity contribution in [2.45, 2.75) is 6.92 Å². The van der Waals surface area contributed by atoms with Crippen molar-refractivity contribution in [3.8, 4) is 22.7 Å². The summed E-state index contributed by atoms with van der Waals surface area (Å²) in [6, 6.07) is 19.0. The van der Waals surface area contributed by atoms with Crippen LogP contribution in [0.15, 0.2) is 69.9 Å². The molecule has 0 unspecified atom stereocenters. The van der Waals surface area contributed by atoms with E-state index in [4.69, 9.17) is 16.0 Å². The van der Waals surface area contributed by atoms with E-state index in [1.54, 1.807) is 6.08 Å².